The number of nitrogens with zero attached hydrogens (tertiary/aromatic N) is 4. The van der Waals surface area contributed by atoms with Gasteiger partial charge in [-0.3, -0.25) is 4.98 Å². The molecule has 4 aromatic heterocycles. The number of anilines is 1. The van der Waals surface area contributed by atoms with Crippen LogP contribution >= 0.6 is 11.3 Å². The third-order valence-corrected chi connectivity index (χ3v) is 4.77. The fourth-order valence-corrected chi connectivity index (χ4v) is 3.59. The molecule has 6 heteroatoms. The van der Waals surface area contributed by atoms with Crippen LogP contribution in [0, 0.1) is 13.8 Å². The molecule has 0 atom stereocenters. The van der Waals surface area contributed by atoms with Crippen LogP contribution in [0.1, 0.15) is 17.0 Å². The minimum atomic E-state index is 0.717. The monoisotopic (exact) mass is 335 g/mol. The van der Waals surface area contributed by atoms with Gasteiger partial charge in [-0.25, -0.2) is 4.98 Å². The maximum Gasteiger partial charge on any atom is 0.166 e. The Bertz CT molecular complexity index is 974. The van der Waals surface area contributed by atoms with Gasteiger partial charge < -0.3 is 5.32 Å². The Morgan fingerprint density at radius 3 is 2.75 bits per heavy atom. The lowest BCUT2D eigenvalue weighted by atomic mass is 10.2. The standard InChI is InChI=1S/C18H17N5S/c1-12-10-16(20-11-14-5-7-19-8-6-14)23-18(21-12)17(13(2)22-23)15-4-3-9-24-15/h3-10,20H,11H2,1-2H3. The number of thiophene rings is 1. The predicted octanol–water partition coefficient (Wildman–Crippen LogP) is 4.08. The van der Waals surface area contributed by atoms with Gasteiger partial charge in [-0.1, -0.05) is 6.07 Å². The van der Waals surface area contributed by atoms with Crippen molar-refractivity contribution in [3.8, 4) is 10.4 Å². The van der Waals surface area contributed by atoms with Crippen LogP contribution in [0.3, 0.4) is 0 Å². The van der Waals surface area contributed by atoms with E-state index in [0.717, 1.165) is 28.4 Å². The van der Waals surface area contributed by atoms with E-state index >= 15 is 0 Å². The lowest BCUT2D eigenvalue weighted by Crippen LogP contribution is -2.07. The topological polar surface area (TPSA) is 55.1 Å². The second-order valence-corrected chi connectivity index (χ2v) is 6.61. The SMILES string of the molecule is Cc1cc(NCc2ccncc2)n2nc(C)c(-c3cccs3)c2n1. The molecule has 0 aromatic carbocycles. The number of fused-ring (bicyclic) bond motifs is 1. The van der Waals surface area contributed by atoms with Gasteiger partial charge in [0, 0.05) is 35.6 Å². The summed E-state index contributed by atoms with van der Waals surface area (Å²) in [7, 11) is 0. The fraction of sp³-hybridized carbons (Fsp3) is 0.167. The smallest absolute Gasteiger partial charge is 0.166 e. The van der Waals surface area contributed by atoms with Gasteiger partial charge >= 0.3 is 0 Å². The molecule has 5 nitrogen and oxygen atoms in total. The third-order valence-electron chi connectivity index (χ3n) is 3.88. The number of nitrogens with one attached hydrogen (secondary N) is 1. The summed E-state index contributed by atoms with van der Waals surface area (Å²) >= 11 is 1.71. The molecular weight excluding hydrogens is 318 g/mol. The molecule has 0 spiro atoms. The van der Waals surface area contributed by atoms with Crippen molar-refractivity contribution in [3.05, 3.63) is 65.1 Å². The first-order valence-corrected chi connectivity index (χ1v) is 8.64. The van der Waals surface area contributed by atoms with Crippen LogP contribution in [-0.2, 0) is 6.54 Å². The summed E-state index contributed by atoms with van der Waals surface area (Å²) in [5, 5.41) is 10.3. The molecule has 4 heterocycles. The molecule has 4 rings (SSSR count). The van der Waals surface area contributed by atoms with E-state index in [1.807, 2.05) is 36.6 Å². The first-order valence-electron chi connectivity index (χ1n) is 7.76. The number of hydrogen-bond donors (Lipinski definition) is 1. The van der Waals surface area contributed by atoms with Crippen LogP contribution in [0.2, 0.25) is 0 Å². The summed E-state index contributed by atoms with van der Waals surface area (Å²) < 4.78 is 1.90. The van der Waals surface area contributed by atoms with Crippen molar-refractivity contribution in [2.45, 2.75) is 20.4 Å². The molecule has 0 radical (unpaired) electrons. The average Bonchev–Trinajstić information content (AvgIpc) is 3.20. The Morgan fingerprint density at radius 2 is 2.00 bits per heavy atom. The summed E-state index contributed by atoms with van der Waals surface area (Å²) in [6.07, 6.45) is 3.61. The largest absolute Gasteiger partial charge is 0.366 e. The van der Waals surface area contributed by atoms with Crippen molar-refractivity contribution in [1.29, 1.82) is 0 Å². The van der Waals surface area contributed by atoms with E-state index in [1.54, 1.807) is 23.7 Å². The van der Waals surface area contributed by atoms with Crippen molar-refractivity contribution in [3.63, 3.8) is 0 Å². The average molecular weight is 335 g/mol. The summed E-state index contributed by atoms with van der Waals surface area (Å²) in [6.45, 7) is 4.76. The highest BCUT2D eigenvalue weighted by atomic mass is 32.1. The van der Waals surface area contributed by atoms with Crippen LogP contribution in [0.5, 0.6) is 0 Å². The van der Waals surface area contributed by atoms with E-state index in [2.05, 4.69) is 27.8 Å². The van der Waals surface area contributed by atoms with Crippen molar-refractivity contribution in [2.24, 2.45) is 0 Å². The molecule has 120 valence electrons. The van der Waals surface area contributed by atoms with E-state index in [4.69, 9.17) is 10.1 Å². The summed E-state index contributed by atoms with van der Waals surface area (Å²) in [5.74, 6) is 0.945. The lowest BCUT2D eigenvalue weighted by Gasteiger charge is -2.09. The molecule has 0 aliphatic heterocycles. The highest BCUT2D eigenvalue weighted by Gasteiger charge is 2.16. The maximum absolute atomic E-state index is 4.73. The fourth-order valence-electron chi connectivity index (χ4n) is 2.77. The van der Waals surface area contributed by atoms with Crippen LogP contribution in [0.4, 0.5) is 5.82 Å². The van der Waals surface area contributed by atoms with Gasteiger partial charge in [-0.05, 0) is 43.0 Å². The van der Waals surface area contributed by atoms with E-state index in [-0.39, 0.29) is 0 Å². The quantitative estimate of drug-likeness (QED) is 0.610. The van der Waals surface area contributed by atoms with Crippen LogP contribution in [-0.4, -0.2) is 19.6 Å². The van der Waals surface area contributed by atoms with E-state index < -0.39 is 0 Å². The second kappa shape index (κ2) is 6.05. The Hall–Kier alpha value is -2.73. The third kappa shape index (κ3) is 2.65. The van der Waals surface area contributed by atoms with Crippen molar-refractivity contribution in [2.75, 3.05) is 5.32 Å². The van der Waals surface area contributed by atoms with Gasteiger partial charge in [-0.15, -0.1) is 11.3 Å². The molecule has 0 amide bonds. The van der Waals surface area contributed by atoms with Crippen LogP contribution < -0.4 is 5.32 Å². The second-order valence-electron chi connectivity index (χ2n) is 5.66. The van der Waals surface area contributed by atoms with Gasteiger partial charge in [-0.2, -0.15) is 9.61 Å². The Labute approximate surface area is 144 Å². The zero-order valence-electron chi connectivity index (χ0n) is 13.5. The zero-order chi connectivity index (χ0) is 16.5. The highest BCUT2D eigenvalue weighted by Crippen LogP contribution is 2.32. The maximum atomic E-state index is 4.73. The summed E-state index contributed by atoms with van der Waals surface area (Å²) in [4.78, 5) is 9.97. The van der Waals surface area contributed by atoms with Crippen molar-refractivity contribution in [1.82, 2.24) is 19.6 Å². The molecule has 0 fully saturated rings. The van der Waals surface area contributed by atoms with Gasteiger partial charge in [0.2, 0.25) is 0 Å². The van der Waals surface area contributed by atoms with Crippen molar-refractivity contribution >= 4 is 22.8 Å². The van der Waals surface area contributed by atoms with Gasteiger partial charge in [0.1, 0.15) is 5.82 Å². The van der Waals surface area contributed by atoms with Crippen molar-refractivity contribution < 1.29 is 0 Å². The van der Waals surface area contributed by atoms with Crippen LogP contribution in [0.25, 0.3) is 16.1 Å². The number of rotatable bonds is 4. The number of pyridine rings is 1. The lowest BCUT2D eigenvalue weighted by molar-refractivity contribution is 0.899. The number of aryl methyl sites for hydroxylation is 2. The molecule has 0 aliphatic rings. The zero-order valence-corrected chi connectivity index (χ0v) is 14.3. The molecule has 4 aromatic rings. The molecule has 0 saturated carbocycles. The molecule has 0 bridgehead atoms. The molecular formula is C18H17N5S. The number of aromatic nitrogens is 4. The summed E-state index contributed by atoms with van der Waals surface area (Å²) in [6, 6.07) is 10.2. The molecule has 1 N–H and O–H groups in total. The molecule has 0 aliphatic carbocycles. The highest BCUT2D eigenvalue weighted by molar-refractivity contribution is 7.13. The molecule has 24 heavy (non-hydrogen) atoms. The summed E-state index contributed by atoms with van der Waals surface area (Å²) in [5.41, 5.74) is 5.14. The molecule has 0 unspecified atom stereocenters. The Balaban J connectivity index is 1.78. The normalized spacial score (nSPS) is 11.1. The van der Waals surface area contributed by atoms with E-state index in [0.29, 0.717) is 6.54 Å². The van der Waals surface area contributed by atoms with Crippen LogP contribution in [0.15, 0.2) is 48.1 Å². The minimum Gasteiger partial charge on any atom is -0.366 e. The predicted molar refractivity (Wildman–Crippen MR) is 97.3 cm³/mol. The van der Waals surface area contributed by atoms with Gasteiger partial charge in [0.15, 0.2) is 5.65 Å². The first-order chi connectivity index (χ1) is 11.7. The van der Waals surface area contributed by atoms with Gasteiger partial charge in [0.25, 0.3) is 0 Å². The first kappa shape index (κ1) is 14.8. The number of hydrogen-bond acceptors (Lipinski definition) is 5. The van der Waals surface area contributed by atoms with Gasteiger partial charge in [0.05, 0.1) is 11.3 Å². The molecule has 0 saturated heterocycles. The Morgan fingerprint density at radius 1 is 1.17 bits per heavy atom. The Kier molecular flexibility index (Phi) is 3.74. The van der Waals surface area contributed by atoms with E-state index in [9.17, 15) is 0 Å². The minimum absolute atomic E-state index is 0.717. The van der Waals surface area contributed by atoms with E-state index in [1.165, 1.54) is 10.4 Å².